The molecule has 0 fully saturated rings. The van der Waals surface area contributed by atoms with Crippen LogP contribution in [0, 0.1) is 0 Å². The highest BCUT2D eigenvalue weighted by Crippen LogP contribution is 2.59. The van der Waals surface area contributed by atoms with Crippen molar-refractivity contribution in [2.75, 3.05) is 28.4 Å². The molecule has 29 heavy (non-hydrogen) atoms. The number of methoxy groups -OCH3 is 4. The molecule has 9 heteroatoms. The number of halogens is 5. The third-order valence-electron chi connectivity index (χ3n) is 5.05. The molecular formula is C20H19Br3Cl2O4. The third kappa shape index (κ3) is 4.22. The van der Waals surface area contributed by atoms with Gasteiger partial charge in [-0.15, -0.1) is 23.2 Å². The van der Waals surface area contributed by atoms with Gasteiger partial charge in [0.05, 0.1) is 28.4 Å². The number of ether oxygens (including phenoxy) is 4. The molecule has 0 saturated carbocycles. The predicted molar refractivity (Wildman–Crippen MR) is 128 cm³/mol. The number of benzene rings is 2. The maximum atomic E-state index is 6.50. The summed E-state index contributed by atoms with van der Waals surface area (Å²) in [5.74, 6) is 1.99. The van der Waals surface area contributed by atoms with Gasteiger partial charge < -0.3 is 18.9 Å². The van der Waals surface area contributed by atoms with Crippen LogP contribution >= 0.6 is 71.0 Å². The highest BCUT2D eigenvalue weighted by atomic mass is 80.0. The van der Waals surface area contributed by atoms with E-state index in [1.165, 1.54) is 0 Å². The van der Waals surface area contributed by atoms with Gasteiger partial charge in [0.25, 0.3) is 0 Å². The lowest BCUT2D eigenvalue weighted by atomic mass is 9.73. The predicted octanol–water partition coefficient (Wildman–Crippen LogP) is 6.94. The second-order valence-electron chi connectivity index (χ2n) is 6.46. The van der Waals surface area contributed by atoms with E-state index in [2.05, 4.69) is 47.8 Å². The summed E-state index contributed by atoms with van der Waals surface area (Å²) in [5.41, 5.74) is 3.88. The molecule has 0 bridgehead atoms. The fraction of sp³-hybridized carbons (Fsp3) is 0.400. The van der Waals surface area contributed by atoms with Crippen LogP contribution in [0.4, 0.5) is 0 Å². The van der Waals surface area contributed by atoms with Gasteiger partial charge in [-0.05, 0) is 46.5 Å². The Morgan fingerprint density at radius 1 is 0.690 bits per heavy atom. The molecule has 0 radical (unpaired) electrons. The van der Waals surface area contributed by atoms with E-state index in [-0.39, 0.29) is 11.8 Å². The minimum atomic E-state index is -0.694. The van der Waals surface area contributed by atoms with Crippen molar-refractivity contribution in [2.45, 2.75) is 18.8 Å². The van der Waals surface area contributed by atoms with E-state index in [4.69, 9.17) is 42.1 Å². The molecule has 0 unspecified atom stereocenters. The fourth-order valence-corrected chi connectivity index (χ4v) is 5.84. The summed E-state index contributed by atoms with van der Waals surface area (Å²) in [7, 11) is 6.42. The van der Waals surface area contributed by atoms with Crippen molar-refractivity contribution in [3.05, 3.63) is 46.5 Å². The summed E-state index contributed by atoms with van der Waals surface area (Å²) >= 11 is 24.2. The van der Waals surface area contributed by atoms with E-state index in [1.54, 1.807) is 28.4 Å². The molecule has 0 saturated heterocycles. The van der Waals surface area contributed by atoms with E-state index in [1.807, 2.05) is 24.3 Å². The first-order valence-corrected chi connectivity index (χ1v) is 11.8. The summed E-state index contributed by atoms with van der Waals surface area (Å²) in [5, 5.41) is 0. The van der Waals surface area contributed by atoms with Gasteiger partial charge in [-0.25, -0.2) is 0 Å². The van der Waals surface area contributed by atoms with E-state index < -0.39 is 6.98 Å². The van der Waals surface area contributed by atoms with Crippen LogP contribution in [0.2, 0.25) is 0 Å². The van der Waals surface area contributed by atoms with E-state index >= 15 is 0 Å². The molecule has 1 aliphatic carbocycles. The van der Waals surface area contributed by atoms with Crippen LogP contribution < -0.4 is 18.9 Å². The number of alkyl halides is 5. The average molecular weight is 634 g/mol. The van der Waals surface area contributed by atoms with E-state index in [0.717, 1.165) is 22.3 Å². The second kappa shape index (κ2) is 9.03. The number of hydrogen-bond acceptors (Lipinski definition) is 4. The molecule has 0 heterocycles. The molecule has 0 spiro atoms. The first-order chi connectivity index (χ1) is 13.7. The van der Waals surface area contributed by atoms with Gasteiger partial charge in [0, 0.05) is 11.8 Å². The van der Waals surface area contributed by atoms with Crippen molar-refractivity contribution >= 4 is 71.0 Å². The molecule has 0 aromatic heterocycles. The lowest BCUT2D eigenvalue weighted by Crippen LogP contribution is -2.28. The molecule has 0 amide bonds. The maximum absolute atomic E-state index is 6.50. The summed E-state index contributed by atoms with van der Waals surface area (Å²) in [6.45, 7) is 0. The van der Waals surface area contributed by atoms with E-state index in [9.17, 15) is 0 Å². The van der Waals surface area contributed by atoms with Gasteiger partial charge in [0.2, 0.25) is 0 Å². The van der Waals surface area contributed by atoms with Crippen molar-refractivity contribution < 1.29 is 18.9 Å². The molecule has 158 valence electrons. The van der Waals surface area contributed by atoms with Crippen molar-refractivity contribution in [2.24, 2.45) is 0 Å². The van der Waals surface area contributed by atoms with Crippen LogP contribution in [0.25, 0.3) is 0 Å². The molecule has 0 N–H and O–H groups in total. The summed E-state index contributed by atoms with van der Waals surface area (Å²) in [6, 6.07) is 7.78. The minimum absolute atomic E-state index is 0.171. The van der Waals surface area contributed by atoms with Crippen LogP contribution in [-0.2, 0) is 0 Å². The zero-order chi connectivity index (χ0) is 21.5. The molecule has 3 rings (SSSR count). The minimum Gasteiger partial charge on any atom is -0.493 e. The zero-order valence-electron chi connectivity index (χ0n) is 16.1. The quantitative estimate of drug-likeness (QED) is 0.335. The zero-order valence-corrected chi connectivity index (χ0v) is 22.3. The van der Waals surface area contributed by atoms with Gasteiger partial charge in [-0.1, -0.05) is 47.8 Å². The Morgan fingerprint density at radius 2 is 1.00 bits per heavy atom. The van der Waals surface area contributed by atoms with Crippen molar-refractivity contribution in [1.82, 2.24) is 0 Å². The Hall–Kier alpha value is -0.340. The highest BCUT2D eigenvalue weighted by molar-refractivity contribution is 9.39. The van der Waals surface area contributed by atoms with Crippen LogP contribution in [0.3, 0.4) is 0 Å². The smallest absolute Gasteiger partial charge is 0.161 e. The number of hydrogen-bond donors (Lipinski definition) is 0. The monoisotopic (exact) mass is 630 g/mol. The average Bonchev–Trinajstić information content (AvgIpc) is 2.68. The largest absolute Gasteiger partial charge is 0.493 e. The van der Waals surface area contributed by atoms with Gasteiger partial charge in [-0.2, -0.15) is 0 Å². The SMILES string of the molecule is COc1cc2c(cc1OC)C(C(Br)(Br)Br)c1cc(OC)c(OC)cc1C2C(Cl)Cl. The van der Waals surface area contributed by atoms with Crippen LogP contribution in [0.15, 0.2) is 24.3 Å². The fourth-order valence-electron chi connectivity index (χ4n) is 3.82. The Balaban J connectivity index is 2.41. The van der Waals surface area contributed by atoms with Gasteiger partial charge >= 0.3 is 0 Å². The van der Waals surface area contributed by atoms with Crippen molar-refractivity contribution in [1.29, 1.82) is 0 Å². The number of rotatable bonds is 5. The molecule has 2 aromatic rings. The summed E-state index contributed by atoms with van der Waals surface area (Å²) in [6.07, 6.45) is 0. The van der Waals surface area contributed by atoms with Gasteiger partial charge in [0.15, 0.2) is 23.0 Å². The van der Waals surface area contributed by atoms with Crippen LogP contribution in [-0.4, -0.2) is 35.4 Å². The molecule has 1 aliphatic rings. The van der Waals surface area contributed by atoms with Gasteiger partial charge in [-0.3, -0.25) is 0 Å². The lowest BCUT2D eigenvalue weighted by molar-refractivity contribution is 0.352. The number of fused-ring (bicyclic) bond motifs is 2. The van der Waals surface area contributed by atoms with E-state index in [0.29, 0.717) is 23.0 Å². The van der Waals surface area contributed by atoms with Crippen LogP contribution in [0.5, 0.6) is 23.0 Å². The Labute approximate surface area is 205 Å². The molecule has 0 aliphatic heterocycles. The Bertz CT molecular complexity index is 852. The van der Waals surface area contributed by atoms with Crippen LogP contribution in [0.1, 0.15) is 34.1 Å². The molecule has 4 nitrogen and oxygen atoms in total. The summed E-state index contributed by atoms with van der Waals surface area (Å²) in [4.78, 5) is -0.694. The first kappa shape index (κ1) is 23.3. The molecule has 0 atom stereocenters. The highest BCUT2D eigenvalue weighted by Gasteiger charge is 2.44. The van der Waals surface area contributed by atoms with Crippen molar-refractivity contribution in [3.63, 3.8) is 0 Å². The topological polar surface area (TPSA) is 36.9 Å². The molecule has 2 aromatic carbocycles. The Morgan fingerprint density at radius 3 is 1.24 bits per heavy atom. The third-order valence-corrected chi connectivity index (χ3v) is 6.93. The van der Waals surface area contributed by atoms with Gasteiger partial charge in [0.1, 0.15) is 6.98 Å². The summed E-state index contributed by atoms with van der Waals surface area (Å²) < 4.78 is 21.5. The lowest BCUT2D eigenvalue weighted by Gasteiger charge is -2.39. The standard InChI is InChI=1S/C20H19Br3Cl2O4/c1-26-13-5-9-11(7-15(13)28-3)18(20(21,22)23)12-8-16(29-4)14(27-2)6-10(12)17(9)19(24)25/h5-8,17-19H,1-4H3. The second-order valence-corrected chi connectivity index (χ2v) is 14.6. The Kier molecular flexibility index (Phi) is 7.26. The first-order valence-electron chi connectivity index (χ1n) is 8.54. The van der Waals surface area contributed by atoms with Crippen molar-refractivity contribution in [3.8, 4) is 23.0 Å². The molecular weight excluding hydrogens is 615 g/mol. The normalized spacial score (nSPS) is 18.1. The maximum Gasteiger partial charge on any atom is 0.161 e.